The standard InChI is InChI=1S/C13H28ClN/c1-4-5-6-7-8-9-15-11-13(14)10-12(2)3/h12-13,15H,4-11H2,1-3H3. The van der Waals surface area contributed by atoms with E-state index in [9.17, 15) is 0 Å². The summed E-state index contributed by atoms with van der Waals surface area (Å²) in [5.74, 6) is 0.707. The molecule has 0 heterocycles. The van der Waals surface area contributed by atoms with E-state index >= 15 is 0 Å². The molecule has 0 aliphatic carbocycles. The van der Waals surface area contributed by atoms with E-state index in [0.29, 0.717) is 11.3 Å². The quantitative estimate of drug-likeness (QED) is 0.441. The van der Waals surface area contributed by atoms with Crippen LogP contribution < -0.4 is 5.32 Å². The van der Waals surface area contributed by atoms with Gasteiger partial charge in [0.25, 0.3) is 0 Å². The zero-order valence-electron chi connectivity index (χ0n) is 10.7. The van der Waals surface area contributed by atoms with E-state index in [0.717, 1.165) is 19.5 Å². The van der Waals surface area contributed by atoms with E-state index in [4.69, 9.17) is 11.6 Å². The van der Waals surface area contributed by atoms with E-state index in [1.807, 2.05) is 0 Å². The summed E-state index contributed by atoms with van der Waals surface area (Å²) in [6.45, 7) is 8.79. The molecule has 0 saturated carbocycles. The van der Waals surface area contributed by atoms with Gasteiger partial charge in [0.2, 0.25) is 0 Å². The first-order chi connectivity index (χ1) is 7.16. The molecule has 0 spiro atoms. The Morgan fingerprint density at radius 2 is 1.73 bits per heavy atom. The lowest BCUT2D eigenvalue weighted by molar-refractivity contribution is 0.521. The predicted octanol–water partition coefficient (Wildman–Crippen LogP) is 4.20. The third kappa shape index (κ3) is 12.2. The number of rotatable bonds is 10. The van der Waals surface area contributed by atoms with Crippen LogP contribution in [-0.2, 0) is 0 Å². The number of nitrogens with one attached hydrogen (secondary N) is 1. The van der Waals surface area contributed by atoms with Crippen molar-refractivity contribution in [3.05, 3.63) is 0 Å². The summed E-state index contributed by atoms with van der Waals surface area (Å²) in [5.41, 5.74) is 0. The molecule has 1 nitrogen and oxygen atoms in total. The molecule has 15 heavy (non-hydrogen) atoms. The van der Waals surface area contributed by atoms with E-state index in [-0.39, 0.29) is 0 Å². The van der Waals surface area contributed by atoms with Gasteiger partial charge in [0.05, 0.1) is 0 Å². The first kappa shape index (κ1) is 15.2. The smallest absolute Gasteiger partial charge is 0.0463 e. The van der Waals surface area contributed by atoms with Crippen molar-refractivity contribution >= 4 is 11.6 Å². The summed E-state index contributed by atoms with van der Waals surface area (Å²) in [5, 5.41) is 3.74. The molecule has 0 amide bonds. The van der Waals surface area contributed by atoms with Gasteiger partial charge in [-0.15, -0.1) is 11.6 Å². The summed E-state index contributed by atoms with van der Waals surface area (Å²) in [4.78, 5) is 0. The molecule has 0 aliphatic heterocycles. The van der Waals surface area contributed by atoms with Gasteiger partial charge in [-0.25, -0.2) is 0 Å². The minimum Gasteiger partial charge on any atom is -0.315 e. The molecule has 0 aromatic heterocycles. The second-order valence-electron chi connectivity index (χ2n) is 4.85. The summed E-state index contributed by atoms with van der Waals surface area (Å²) in [7, 11) is 0. The van der Waals surface area contributed by atoms with Crippen molar-refractivity contribution in [3.8, 4) is 0 Å². The molecular weight excluding hydrogens is 206 g/mol. The molecule has 0 fully saturated rings. The normalized spacial score (nSPS) is 13.4. The molecule has 0 bridgehead atoms. The SMILES string of the molecule is CCCCCCCNCC(Cl)CC(C)C. The van der Waals surface area contributed by atoms with Gasteiger partial charge in [-0.2, -0.15) is 0 Å². The molecule has 0 aromatic rings. The molecule has 0 radical (unpaired) electrons. The van der Waals surface area contributed by atoms with Crippen molar-refractivity contribution in [2.75, 3.05) is 13.1 Å². The fourth-order valence-corrected chi connectivity index (χ4v) is 2.17. The lowest BCUT2D eigenvalue weighted by Gasteiger charge is -2.12. The maximum Gasteiger partial charge on any atom is 0.0463 e. The van der Waals surface area contributed by atoms with Gasteiger partial charge in [-0.3, -0.25) is 0 Å². The molecule has 0 rings (SSSR count). The summed E-state index contributed by atoms with van der Waals surface area (Å²) < 4.78 is 0. The van der Waals surface area contributed by atoms with Gasteiger partial charge >= 0.3 is 0 Å². The number of unbranched alkanes of at least 4 members (excludes halogenated alkanes) is 4. The fourth-order valence-electron chi connectivity index (χ4n) is 1.71. The Hall–Kier alpha value is 0.250. The lowest BCUT2D eigenvalue weighted by atomic mass is 10.1. The molecule has 1 N–H and O–H groups in total. The predicted molar refractivity (Wildman–Crippen MR) is 70.7 cm³/mol. The van der Waals surface area contributed by atoms with Crippen LogP contribution in [0.5, 0.6) is 0 Å². The second kappa shape index (κ2) is 10.8. The number of hydrogen-bond donors (Lipinski definition) is 1. The Morgan fingerprint density at radius 1 is 1.07 bits per heavy atom. The Bertz CT molecular complexity index is 126. The van der Waals surface area contributed by atoms with Crippen molar-refractivity contribution in [2.45, 2.75) is 64.7 Å². The van der Waals surface area contributed by atoms with Crippen molar-refractivity contribution < 1.29 is 0 Å². The van der Waals surface area contributed by atoms with Crippen LogP contribution in [-0.4, -0.2) is 18.5 Å². The third-order valence-corrected chi connectivity index (χ3v) is 2.88. The molecule has 0 saturated heterocycles. The van der Waals surface area contributed by atoms with Gasteiger partial charge in [-0.1, -0.05) is 46.5 Å². The van der Waals surface area contributed by atoms with Crippen molar-refractivity contribution in [3.63, 3.8) is 0 Å². The molecule has 1 unspecified atom stereocenters. The van der Waals surface area contributed by atoms with Crippen molar-refractivity contribution in [1.82, 2.24) is 5.32 Å². The van der Waals surface area contributed by atoms with Crippen molar-refractivity contribution in [2.24, 2.45) is 5.92 Å². The third-order valence-electron chi connectivity index (χ3n) is 2.55. The van der Waals surface area contributed by atoms with Crippen LogP contribution in [0.4, 0.5) is 0 Å². The van der Waals surface area contributed by atoms with Crippen LogP contribution in [0.15, 0.2) is 0 Å². The second-order valence-corrected chi connectivity index (χ2v) is 5.46. The molecule has 0 aromatic carbocycles. The zero-order valence-corrected chi connectivity index (χ0v) is 11.4. The zero-order chi connectivity index (χ0) is 11.5. The van der Waals surface area contributed by atoms with Crippen molar-refractivity contribution in [1.29, 1.82) is 0 Å². The van der Waals surface area contributed by atoms with E-state index in [1.54, 1.807) is 0 Å². The minimum atomic E-state index is 0.306. The highest BCUT2D eigenvalue weighted by Gasteiger charge is 2.05. The average Bonchev–Trinajstić information content (AvgIpc) is 2.15. The summed E-state index contributed by atoms with van der Waals surface area (Å²) in [6.07, 6.45) is 7.86. The monoisotopic (exact) mass is 233 g/mol. The molecule has 0 aliphatic rings. The fraction of sp³-hybridized carbons (Fsp3) is 1.00. The van der Waals surface area contributed by atoms with Crippen LogP contribution in [0.3, 0.4) is 0 Å². The number of alkyl halides is 1. The van der Waals surface area contributed by atoms with Crippen LogP contribution in [0, 0.1) is 5.92 Å². The first-order valence-electron chi connectivity index (χ1n) is 6.51. The topological polar surface area (TPSA) is 12.0 Å². The molecule has 2 heteroatoms. The highest BCUT2D eigenvalue weighted by atomic mass is 35.5. The van der Waals surface area contributed by atoms with Crippen LogP contribution >= 0.6 is 11.6 Å². The molecular formula is C13H28ClN. The summed E-state index contributed by atoms with van der Waals surface area (Å²) in [6, 6.07) is 0. The Morgan fingerprint density at radius 3 is 2.33 bits per heavy atom. The van der Waals surface area contributed by atoms with Crippen LogP contribution in [0.2, 0.25) is 0 Å². The van der Waals surface area contributed by atoms with Gasteiger partial charge in [0.1, 0.15) is 0 Å². The van der Waals surface area contributed by atoms with Gasteiger partial charge in [0, 0.05) is 11.9 Å². The first-order valence-corrected chi connectivity index (χ1v) is 6.95. The van der Waals surface area contributed by atoms with Crippen LogP contribution in [0.25, 0.3) is 0 Å². The highest BCUT2D eigenvalue weighted by Crippen LogP contribution is 2.09. The molecule has 1 atom stereocenters. The van der Waals surface area contributed by atoms with Gasteiger partial charge in [0.15, 0.2) is 0 Å². The average molecular weight is 234 g/mol. The van der Waals surface area contributed by atoms with E-state index < -0.39 is 0 Å². The maximum atomic E-state index is 6.18. The van der Waals surface area contributed by atoms with Gasteiger partial charge < -0.3 is 5.32 Å². The largest absolute Gasteiger partial charge is 0.315 e. The Kier molecular flexibility index (Phi) is 10.9. The maximum absolute atomic E-state index is 6.18. The highest BCUT2D eigenvalue weighted by molar-refractivity contribution is 6.20. The van der Waals surface area contributed by atoms with Crippen LogP contribution in [0.1, 0.15) is 59.3 Å². The van der Waals surface area contributed by atoms with Gasteiger partial charge in [-0.05, 0) is 25.3 Å². The Labute approximate surface area is 101 Å². The number of halogens is 1. The summed E-state index contributed by atoms with van der Waals surface area (Å²) >= 11 is 6.18. The Balaban J connectivity index is 3.09. The minimum absolute atomic E-state index is 0.306. The van der Waals surface area contributed by atoms with E-state index in [1.165, 1.54) is 32.1 Å². The molecule has 92 valence electrons. The van der Waals surface area contributed by atoms with E-state index in [2.05, 4.69) is 26.1 Å². The lowest BCUT2D eigenvalue weighted by Crippen LogP contribution is -2.25. The number of hydrogen-bond acceptors (Lipinski definition) is 1.